The maximum absolute atomic E-state index is 13.6. The van der Waals surface area contributed by atoms with Crippen molar-refractivity contribution in [1.82, 2.24) is 10.4 Å². The molecule has 0 spiro atoms. The van der Waals surface area contributed by atoms with Crippen LogP contribution in [-0.4, -0.2) is 4.98 Å². The highest BCUT2D eigenvalue weighted by atomic mass is 19.1. The number of nitrogens with zero attached hydrogens (tertiary/aromatic N) is 1. The Labute approximate surface area is 97.3 Å². The average molecular weight is 235 g/mol. The number of aromatic nitrogens is 1. The van der Waals surface area contributed by atoms with Gasteiger partial charge >= 0.3 is 0 Å². The van der Waals surface area contributed by atoms with Gasteiger partial charge < -0.3 is 0 Å². The van der Waals surface area contributed by atoms with Crippen molar-refractivity contribution in [2.75, 3.05) is 0 Å². The van der Waals surface area contributed by atoms with Gasteiger partial charge in [-0.2, -0.15) is 0 Å². The molecule has 1 atom stereocenters. The molecule has 0 amide bonds. The van der Waals surface area contributed by atoms with Crippen molar-refractivity contribution in [3.05, 3.63) is 65.5 Å². The topological polar surface area (TPSA) is 50.9 Å². The summed E-state index contributed by atoms with van der Waals surface area (Å²) < 4.78 is 26.7. The van der Waals surface area contributed by atoms with Gasteiger partial charge in [0, 0.05) is 18.0 Å². The minimum atomic E-state index is -0.603. The van der Waals surface area contributed by atoms with E-state index in [1.165, 1.54) is 0 Å². The molecule has 88 valence electrons. The monoisotopic (exact) mass is 235 g/mol. The summed E-state index contributed by atoms with van der Waals surface area (Å²) in [5.41, 5.74) is 3.35. The van der Waals surface area contributed by atoms with Gasteiger partial charge in [0.1, 0.15) is 11.6 Å². The van der Waals surface area contributed by atoms with E-state index in [0.717, 1.165) is 18.2 Å². The number of halogens is 2. The van der Waals surface area contributed by atoms with Crippen molar-refractivity contribution in [3.8, 4) is 0 Å². The molecule has 0 saturated heterocycles. The van der Waals surface area contributed by atoms with Gasteiger partial charge in [-0.15, -0.1) is 0 Å². The van der Waals surface area contributed by atoms with Gasteiger partial charge in [0.05, 0.1) is 6.04 Å². The number of rotatable bonds is 3. The highest BCUT2D eigenvalue weighted by molar-refractivity contribution is 5.31. The minimum absolute atomic E-state index is 0.165. The van der Waals surface area contributed by atoms with Crippen LogP contribution in [0.5, 0.6) is 0 Å². The average Bonchev–Trinajstić information content (AvgIpc) is 2.36. The molecule has 0 saturated carbocycles. The molecular formula is C12H11F2N3. The third kappa shape index (κ3) is 2.46. The zero-order chi connectivity index (χ0) is 12.3. The first-order chi connectivity index (χ1) is 8.22. The zero-order valence-electron chi connectivity index (χ0n) is 8.90. The molecule has 17 heavy (non-hydrogen) atoms. The first-order valence-electron chi connectivity index (χ1n) is 5.03. The van der Waals surface area contributed by atoms with Gasteiger partial charge in [0.2, 0.25) is 0 Å². The highest BCUT2D eigenvalue weighted by Crippen LogP contribution is 2.23. The van der Waals surface area contributed by atoms with Crippen molar-refractivity contribution in [3.63, 3.8) is 0 Å². The second-order valence-electron chi connectivity index (χ2n) is 3.55. The summed E-state index contributed by atoms with van der Waals surface area (Å²) >= 11 is 0. The smallest absolute Gasteiger partial charge is 0.128 e. The summed E-state index contributed by atoms with van der Waals surface area (Å²) in [5.74, 6) is 4.38. The van der Waals surface area contributed by atoms with Crippen molar-refractivity contribution in [2.24, 2.45) is 5.84 Å². The Morgan fingerprint density at radius 1 is 1.12 bits per heavy atom. The molecule has 1 aromatic heterocycles. The molecule has 0 aliphatic carbocycles. The summed E-state index contributed by atoms with van der Waals surface area (Å²) in [6, 6.07) is 6.05. The number of hydrogen-bond acceptors (Lipinski definition) is 3. The van der Waals surface area contributed by atoms with E-state index in [4.69, 9.17) is 5.84 Å². The Balaban J connectivity index is 2.46. The van der Waals surface area contributed by atoms with Crippen LogP contribution in [0.1, 0.15) is 17.2 Å². The number of hydrogen-bond donors (Lipinski definition) is 2. The Hall–Kier alpha value is -1.85. The Bertz CT molecular complexity index is 502. The van der Waals surface area contributed by atoms with Crippen LogP contribution in [0, 0.1) is 11.6 Å². The van der Waals surface area contributed by atoms with Gasteiger partial charge in [-0.05, 0) is 35.9 Å². The molecule has 0 bridgehead atoms. The van der Waals surface area contributed by atoms with Gasteiger partial charge in [0.15, 0.2) is 0 Å². The molecule has 0 aliphatic heterocycles. The predicted molar refractivity (Wildman–Crippen MR) is 59.8 cm³/mol. The van der Waals surface area contributed by atoms with E-state index < -0.39 is 17.7 Å². The predicted octanol–water partition coefficient (Wildman–Crippen LogP) is 1.91. The third-order valence-electron chi connectivity index (χ3n) is 2.48. The van der Waals surface area contributed by atoms with Crippen LogP contribution in [0.15, 0.2) is 42.7 Å². The van der Waals surface area contributed by atoms with E-state index in [9.17, 15) is 8.78 Å². The fourth-order valence-corrected chi connectivity index (χ4v) is 1.66. The largest absolute Gasteiger partial charge is 0.271 e. The third-order valence-corrected chi connectivity index (χ3v) is 2.48. The SMILES string of the molecule is NNC(c1ccncc1)c1cc(F)ccc1F. The van der Waals surface area contributed by atoms with E-state index in [-0.39, 0.29) is 5.56 Å². The molecule has 0 fully saturated rings. The fraction of sp³-hybridized carbons (Fsp3) is 0.0833. The van der Waals surface area contributed by atoms with Crippen molar-refractivity contribution < 1.29 is 8.78 Å². The summed E-state index contributed by atoms with van der Waals surface area (Å²) in [7, 11) is 0. The molecular weight excluding hydrogens is 224 g/mol. The van der Waals surface area contributed by atoms with E-state index >= 15 is 0 Å². The molecule has 1 unspecified atom stereocenters. The van der Waals surface area contributed by atoms with Crippen LogP contribution in [0.4, 0.5) is 8.78 Å². The van der Waals surface area contributed by atoms with E-state index in [1.807, 2.05) is 0 Å². The number of pyridine rings is 1. The summed E-state index contributed by atoms with van der Waals surface area (Å²) in [5, 5.41) is 0. The molecule has 3 N–H and O–H groups in total. The van der Waals surface area contributed by atoms with Gasteiger partial charge in [-0.1, -0.05) is 0 Å². The minimum Gasteiger partial charge on any atom is -0.271 e. The van der Waals surface area contributed by atoms with Crippen molar-refractivity contribution in [2.45, 2.75) is 6.04 Å². The summed E-state index contributed by atoms with van der Waals surface area (Å²) in [6.45, 7) is 0. The van der Waals surface area contributed by atoms with Gasteiger partial charge in [0.25, 0.3) is 0 Å². The maximum Gasteiger partial charge on any atom is 0.128 e. The lowest BCUT2D eigenvalue weighted by molar-refractivity contribution is 0.545. The lowest BCUT2D eigenvalue weighted by Gasteiger charge is -2.17. The molecule has 3 nitrogen and oxygen atoms in total. The van der Waals surface area contributed by atoms with E-state index in [1.54, 1.807) is 24.5 Å². The van der Waals surface area contributed by atoms with Crippen LogP contribution >= 0.6 is 0 Å². The number of nitrogens with one attached hydrogen (secondary N) is 1. The van der Waals surface area contributed by atoms with Gasteiger partial charge in [-0.3, -0.25) is 10.8 Å². The van der Waals surface area contributed by atoms with Crippen molar-refractivity contribution >= 4 is 0 Å². The number of hydrazine groups is 1. The van der Waals surface area contributed by atoms with Crippen LogP contribution in [-0.2, 0) is 0 Å². The molecule has 2 rings (SSSR count). The quantitative estimate of drug-likeness (QED) is 0.631. The molecule has 2 aromatic rings. The highest BCUT2D eigenvalue weighted by Gasteiger charge is 2.17. The molecule has 1 aromatic carbocycles. The standard InChI is InChI=1S/C12H11F2N3/c13-9-1-2-11(14)10(7-9)12(17-15)8-3-5-16-6-4-8/h1-7,12,17H,15H2. The first-order valence-corrected chi connectivity index (χ1v) is 5.03. The molecule has 1 heterocycles. The Kier molecular flexibility index (Phi) is 3.41. The van der Waals surface area contributed by atoms with Crippen LogP contribution < -0.4 is 11.3 Å². The van der Waals surface area contributed by atoms with E-state index in [2.05, 4.69) is 10.4 Å². The fourth-order valence-electron chi connectivity index (χ4n) is 1.66. The van der Waals surface area contributed by atoms with Crippen molar-refractivity contribution in [1.29, 1.82) is 0 Å². The van der Waals surface area contributed by atoms with Crippen LogP contribution in [0.25, 0.3) is 0 Å². The molecule has 5 heteroatoms. The number of nitrogens with two attached hydrogens (primary N) is 1. The lowest BCUT2D eigenvalue weighted by atomic mass is 10.00. The van der Waals surface area contributed by atoms with Gasteiger partial charge in [-0.25, -0.2) is 14.2 Å². The summed E-state index contributed by atoms with van der Waals surface area (Å²) in [6.07, 6.45) is 3.13. The normalized spacial score (nSPS) is 12.4. The summed E-state index contributed by atoms with van der Waals surface area (Å²) in [4.78, 5) is 3.86. The second-order valence-corrected chi connectivity index (χ2v) is 3.55. The van der Waals surface area contributed by atoms with Crippen LogP contribution in [0.3, 0.4) is 0 Å². The van der Waals surface area contributed by atoms with Crippen LogP contribution in [0.2, 0.25) is 0 Å². The molecule has 0 radical (unpaired) electrons. The lowest BCUT2D eigenvalue weighted by Crippen LogP contribution is -2.29. The molecule has 0 aliphatic rings. The van der Waals surface area contributed by atoms with E-state index in [0.29, 0.717) is 5.56 Å². The number of benzene rings is 1. The zero-order valence-corrected chi connectivity index (χ0v) is 8.90. The second kappa shape index (κ2) is 4.99. The Morgan fingerprint density at radius 3 is 2.47 bits per heavy atom. The maximum atomic E-state index is 13.6. The first kappa shape index (κ1) is 11.6. The Morgan fingerprint density at radius 2 is 1.82 bits per heavy atom.